The molecule has 19 heavy (non-hydrogen) atoms. The van der Waals surface area contributed by atoms with Gasteiger partial charge in [0.2, 0.25) is 5.91 Å². The Morgan fingerprint density at radius 3 is 2.95 bits per heavy atom. The fourth-order valence-corrected chi connectivity index (χ4v) is 1.88. The molecule has 5 heteroatoms. The molecule has 0 spiro atoms. The normalized spacial score (nSPS) is 14.1. The van der Waals surface area contributed by atoms with Gasteiger partial charge in [-0.15, -0.1) is 0 Å². The number of rotatable bonds is 5. The molecule has 1 fully saturated rings. The van der Waals surface area contributed by atoms with E-state index in [-0.39, 0.29) is 11.8 Å². The summed E-state index contributed by atoms with van der Waals surface area (Å²) in [6, 6.07) is 7.73. The third kappa shape index (κ3) is 3.13. The smallest absolute Gasteiger partial charge is 0.227 e. The van der Waals surface area contributed by atoms with E-state index in [0.29, 0.717) is 6.54 Å². The molecule has 0 atom stereocenters. The van der Waals surface area contributed by atoms with Gasteiger partial charge in [-0.1, -0.05) is 6.07 Å². The summed E-state index contributed by atoms with van der Waals surface area (Å²) >= 11 is 0. The van der Waals surface area contributed by atoms with E-state index in [9.17, 15) is 4.79 Å². The molecule has 1 aliphatic rings. The predicted molar refractivity (Wildman–Crippen MR) is 73.7 cm³/mol. The second kappa shape index (κ2) is 5.14. The number of imidazole rings is 1. The first-order valence-corrected chi connectivity index (χ1v) is 6.44. The minimum absolute atomic E-state index is 0.128. The number of aromatic amines is 1. The Kier molecular flexibility index (Phi) is 3.18. The minimum Gasteiger partial charge on any atom is -0.378 e. The van der Waals surface area contributed by atoms with Crippen LogP contribution in [0.4, 0.5) is 11.4 Å². The molecule has 1 heterocycles. The van der Waals surface area contributed by atoms with Crippen molar-refractivity contribution in [1.29, 1.82) is 0 Å². The van der Waals surface area contributed by atoms with Crippen LogP contribution in [0.2, 0.25) is 0 Å². The van der Waals surface area contributed by atoms with Crippen LogP contribution in [0.1, 0.15) is 18.7 Å². The number of nitrogens with zero attached hydrogens (tertiary/aromatic N) is 1. The number of H-pyrrole nitrogens is 1. The molecule has 1 aromatic heterocycles. The monoisotopic (exact) mass is 256 g/mol. The van der Waals surface area contributed by atoms with Crippen LogP contribution in [-0.2, 0) is 11.3 Å². The van der Waals surface area contributed by atoms with Crippen molar-refractivity contribution >= 4 is 17.3 Å². The number of nitrogens with one attached hydrogen (secondary N) is 3. The average Bonchev–Trinajstić information content (AvgIpc) is 3.14. The van der Waals surface area contributed by atoms with Crippen molar-refractivity contribution in [2.75, 3.05) is 10.6 Å². The molecule has 3 N–H and O–H groups in total. The maximum absolute atomic E-state index is 11.7. The molecule has 3 rings (SSSR count). The van der Waals surface area contributed by atoms with Crippen molar-refractivity contribution < 1.29 is 4.79 Å². The van der Waals surface area contributed by atoms with Gasteiger partial charge in [-0.05, 0) is 31.0 Å². The van der Waals surface area contributed by atoms with Crippen LogP contribution in [0.3, 0.4) is 0 Å². The Labute approximate surface area is 111 Å². The molecule has 2 aromatic rings. The second-order valence-electron chi connectivity index (χ2n) is 4.73. The minimum atomic E-state index is 0.128. The molecule has 98 valence electrons. The van der Waals surface area contributed by atoms with Gasteiger partial charge in [0, 0.05) is 29.7 Å². The Morgan fingerprint density at radius 2 is 2.21 bits per heavy atom. The van der Waals surface area contributed by atoms with Crippen LogP contribution in [-0.4, -0.2) is 15.9 Å². The summed E-state index contributed by atoms with van der Waals surface area (Å²) in [7, 11) is 0. The molecule has 0 saturated heterocycles. The van der Waals surface area contributed by atoms with Gasteiger partial charge < -0.3 is 15.6 Å². The molecule has 0 aliphatic heterocycles. The van der Waals surface area contributed by atoms with Crippen molar-refractivity contribution in [2.24, 2.45) is 5.92 Å². The van der Waals surface area contributed by atoms with Crippen molar-refractivity contribution in [3.63, 3.8) is 0 Å². The molecule has 1 aromatic carbocycles. The van der Waals surface area contributed by atoms with Crippen molar-refractivity contribution in [3.8, 4) is 0 Å². The highest BCUT2D eigenvalue weighted by Crippen LogP contribution is 2.30. The molecular weight excluding hydrogens is 240 g/mol. The van der Waals surface area contributed by atoms with Crippen LogP contribution < -0.4 is 10.6 Å². The maximum atomic E-state index is 11.7. The summed E-state index contributed by atoms with van der Waals surface area (Å²) in [5.41, 5.74) is 1.80. The lowest BCUT2D eigenvalue weighted by molar-refractivity contribution is -0.117. The number of hydrogen-bond donors (Lipinski definition) is 3. The standard InChI is InChI=1S/C14H16N4O/c19-14(10-4-5-10)18-12-3-1-2-11(8-12)17-9-13-15-6-7-16-13/h1-3,6-8,10,17H,4-5,9H2,(H,15,16)(H,18,19). The van der Waals surface area contributed by atoms with E-state index >= 15 is 0 Å². The number of amides is 1. The molecule has 5 nitrogen and oxygen atoms in total. The van der Waals surface area contributed by atoms with Crippen LogP contribution in [0.5, 0.6) is 0 Å². The molecule has 1 amide bonds. The van der Waals surface area contributed by atoms with Gasteiger partial charge in [0.25, 0.3) is 0 Å². The number of hydrogen-bond acceptors (Lipinski definition) is 3. The van der Waals surface area contributed by atoms with Crippen molar-refractivity contribution in [3.05, 3.63) is 42.5 Å². The highest BCUT2D eigenvalue weighted by Gasteiger charge is 2.29. The zero-order valence-corrected chi connectivity index (χ0v) is 10.5. The first kappa shape index (κ1) is 11.8. The summed E-state index contributed by atoms with van der Waals surface area (Å²) in [6.45, 7) is 0.632. The Morgan fingerprint density at radius 1 is 1.37 bits per heavy atom. The summed E-state index contributed by atoms with van der Waals surface area (Å²) < 4.78 is 0. The van der Waals surface area contributed by atoms with Gasteiger partial charge in [-0.3, -0.25) is 4.79 Å². The largest absolute Gasteiger partial charge is 0.378 e. The number of carbonyl (C=O) groups is 1. The van der Waals surface area contributed by atoms with Gasteiger partial charge in [0.05, 0.1) is 6.54 Å². The zero-order chi connectivity index (χ0) is 13.1. The fraction of sp³-hybridized carbons (Fsp3) is 0.286. The molecule has 0 bridgehead atoms. The summed E-state index contributed by atoms with van der Waals surface area (Å²) in [4.78, 5) is 18.9. The van der Waals surface area contributed by atoms with Gasteiger partial charge in [0.15, 0.2) is 0 Å². The Hall–Kier alpha value is -2.30. The Balaban J connectivity index is 1.60. The molecule has 1 aliphatic carbocycles. The molecular formula is C14H16N4O. The van der Waals surface area contributed by atoms with E-state index in [2.05, 4.69) is 20.6 Å². The van der Waals surface area contributed by atoms with Gasteiger partial charge >= 0.3 is 0 Å². The number of carbonyl (C=O) groups excluding carboxylic acids is 1. The number of anilines is 2. The van der Waals surface area contributed by atoms with Gasteiger partial charge in [0.1, 0.15) is 5.82 Å². The van der Waals surface area contributed by atoms with E-state index in [1.807, 2.05) is 24.3 Å². The zero-order valence-electron chi connectivity index (χ0n) is 10.5. The third-order valence-electron chi connectivity index (χ3n) is 3.09. The lowest BCUT2D eigenvalue weighted by Crippen LogP contribution is -2.13. The average molecular weight is 256 g/mol. The Bertz CT molecular complexity index is 561. The number of aromatic nitrogens is 2. The third-order valence-corrected chi connectivity index (χ3v) is 3.09. The van der Waals surface area contributed by atoms with Crippen molar-refractivity contribution in [1.82, 2.24) is 9.97 Å². The van der Waals surface area contributed by atoms with Crippen molar-refractivity contribution in [2.45, 2.75) is 19.4 Å². The van der Waals surface area contributed by atoms with E-state index in [4.69, 9.17) is 0 Å². The lowest BCUT2D eigenvalue weighted by Gasteiger charge is -2.08. The molecule has 0 unspecified atom stereocenters. The van der Waals surface area contributed by atoms with Crippen LogP contribution in [0, 0.1) is 5.92 Å². The first-order chi connectivity index (χ1) is 9.31. The molecule has 0 radical (unpaired) electrons. The lowest BCUT2D eigenvalue weighted by atomic mass is 10.2. The molecule has 1 saturated carbocycles. The van der Waals surface area contributed by atoms with Gasteiger partial charge in [-0.2, -0.15) is 0 Å². The highest BCUT2D eigenvalue weighted by molar-refractivity contribution is 5.94. The number of benzene rings is 1. The highest BCUT2D eigenvalue weighted by atomic mass is 16.2. The van der Waals surface area contributed by atoms with E-state index < -0.39 is 0 Å². The van der Waals surface area contributed by atoms with Crippen LogP contribution in [0.15, 0.2) is 36.7 Å². The predicted octanol–water partition coefficient (Wildman–Crippen LogP) is 2.37. The maximum Gasteiger partial charge on any atom is 0.227 e. The first-order valence-electron chi connectivity index (χ1n) is 6.44. The topological polar surface area (TPSA) is 69.8 Å². The summed E-state index contributed by atoms with van der Waals surface area (Å²) in [5, 5.41) is 6.20. The van der Waals surface area contributed by atoms with Gasteiger partial charge in [-0.25, -0.2) is 4.98 Å². The van der Waals surface area contributed by atoms with Crippen LogP contribution >= 0.6 is 0 Å². The summed E-state index contributed by atoms with van der Waals surface area (Å²) in [6.07, 6.45) is 5.55. The fourth-order valence-electron chi connectivity index (χ4n) is 1.88. The van der Waals surface area contributed by atoms with Crippen LogP contribution in [0.25, 0.3) is 0 Å². The quantitative estimate of drug-likeness (QED) is 0.769. The van der Waals surface area contributed by atoms with E-state index in [1.165, 1.54) is 0 Å². The second-order valence-corrected chi connectivity index (χ2v) is 4.73. The summed E-state index contributed by atoms with van der Waals surface area (Å²) in [5.74, 6) is 1.23. The van der Waals surface area contributed by atoms with E-state index in [1.54, 1.807) is 12.4 Å². The SMILES string of the molecule is O=C(Nc1cccc(NCc2ncc[nH]2)c1)C1CC1. The van der Waals surface area contributed by atoms with E-state index in [0.717, 1.165) is 30.0 Å².